The van der Waals surface area contributed by atoms with Crippen LogP contribution in [0.2, 0.25) is 0 Å². The highest BCUT2D eigenvalue weighted by Crippen LogP contribution is 2.23. The average Bonchev–Trinajstić information content (AvgIpc) is 2.96. The van der Waals surface area contributed by atoms with Crippen LogP contribution in [-0.2, 0) is 9.53 Å². The number of benzene rings is 2. The first-order valence-corrected chi connectivity index (χ1v) is 7.63. The minimum absolute atomic E-state index is 0.182. The second kappa shape index (κ2) is 6.60. The fourth-order valence-corrected chi connectivity index (χ4v) is 2.74. The Labute approximate surface area is 143 Å². The van der Waals surface area contributed by atoms with E-state index in [1.165, 1.54) is 13.2 Å². The van der Waals surface area contributed by atoms with Crippen molar-refractivity contribution in [2.24, 2.45) is 0 Å². The fraction of sp³-hybridized carbons (Fsp3) is 0.105. The number of Topliss-reactive ketones (excluding diaryl/α,β-unsaturated/α-hetero) is 1. The number of fused-ring (bicyclic) bond motifs is 1. The van der Waals surface area contributed by atoms with Crippen LogP contribution in [-0.4, -0.2) is 29.8 Å². The molecule has 0 aliphatic heterocycles. The molecule has 126 valence electrons. The van der Waals surface area contributed by atoms with E-state index in [9.17, 15) is 14.4 Å². The van der Waals surface area contributed by atoms with Crippen LogP contribution >= 0.6 is 0 Å². The van der Waals surface area contributed by atoms with Gasteiger partial charge in [-0.15, -0.1) is 0 Å². The molecular weight excluding hydrogens is 320 g/mol. The molecule has 25 heavy (non-hydrogen) atoms. The molecule has 0 saturated heterocycles. The normalized spacial score (nSPS) is 10.5. The fourth-order valence-electron chi connectivity index (χ4n) is 2.74. The number of esters is 1. The first kappa shape index (κ1) is 16.4. The number of rotatable bonds is 4. The van der Waals surface area contributed by atoms with Crippen LogP contribution in [0.25, 0.3) is 10.9 Å². The van der Waals surface area contributed by atoms with Crippen LogP contribution in [0.15, 0.2) is 48.5 Å². The number of H-pyrrole nitrogens is 1. The number of amides is 1. The van der Waals surface area contributed by atoms with Crippen LogP contribution in [0.5, 0.6) is 0 Å². The van der Waals surface area contributed by atoms with Gasteiger partial charge in [0.1, 0.15) is 0 Å². The summed E-state index contributed by atoms with van der Waals surface area (Å²) in [4.78, 5) is 40.0. The summed E-state index contributed by atoms with van der Waals surface area (Å²) < 4.78 is 4.69. The van der Waals surface area contributed by atoms with Gasteiger partial charge in [0.15, 0.2) is 0 Å². The maximum atomic E-state index is 12.6. The third-order valence-electron chi connectivity index (χ3n) is 3.91. The number of aromatic amines is 1. The van der Waals surface area contributed by atoms with Gasteiger partial charge in [-0.2, -0.15) is 0 Å². The molecule has 2 aromatic carbocycles. The number of hydrogen-bond donors (Lipinski definition) is 2. The number of ketones is 1. The number of hydrogen-bond acceptors (Lipinski definition) is 4. The number of para-hydroxylation sites is 2. The Kier molecular flexibility index (Phi) is 4.35. The molecule has 0 saturated carbocycles. The van der Waals surface area contributed by atoms with Crippen molar-refractivity contribution in [3.8, 4) is 0 Å². The number of methoxy groups -OCH3 is 1. The Hall–Kier alpha value is -3.41. The Balaban J connectivity index is 1.93. The van der Waals surface area contributed by atoms with E-state index in [0.29, 0.717) is 16.6 Å². The first-order chi connectivity index (χ1) is 12.0. The van der Waals surface area contributed by atoms with Gasteiger partial charge in [0.25, 0.3) is 11.7 Å². The van der Waals surface area contributed by atoms with E-state index in [0.717, 1.165) is 5.52 Å². The zero-order valence-electron chi connectivity index (χ0n) is 13.8. The minimum Gasteiger partial charge on any atom is -0.465 e. The van der Waals surface area contributed by atoms with Gasteiger partial charge in [-0.3, -0.25) is 9.59 Å². The van der Waals surface area contributed by atoms with Crippen LogP contribution < -0.4 is 5.32 Å². The van der Waals surface area contributed by atoms with Gasteiger partial charge in [0.2, 0.25) is 0 Å². The van der Waals surface area contributed by atoms with Crippen molar-refractivity contribution in [3.63, 3.8) is 0 Å². The van der Waals surface area contributed by atoms with Crippen LogP contribution in [0.4, 0.5) is 5.69 Å². The predicted molar refractivity (Wildman–Crippen MR) is 93.8 cm³/mol. The van der Waals surface area contributed by atoms with Gasteiger partial charge < -0.3 is 15.0 Å². The summed E-state index contributed by atoms with van der Waals surface area (Å²) in [6, 6.07) is 13.6. The highest BCUT2D eigenvalue weighted by atomic mass is 16.5. The van der Waals surface area contributed by atoms with E-state index in [2.05, 4.69) is 15.0 Å². The van der Waals surface area contributed by atoms with Crippen molar-refractivity contribution in [2.45, 2.75) is 6.92 Å². The highest BCUT2D eigenvalue weighted by molar-refractivity contribution is 6.48. The van der Waals surface area contributed by atoms with E-state index in [-0.39, 0.29) is 11.3 Å². The van der Waals surface area contributed by atoms with E-state index in [1.807, 2.05) is 12.1 Å². The third kappa shape index (κ3) is 3.01. The van der Waals surface area contributed by atoms with Crippen LogP contribution in [0.3, 0.4) is 0 Å². The predicted octanol–water partition coefficient (Wildman–Crippen LogP) is 3.08. The smallest absolute Gasteiger partial charge is 0.339 e. The summed E-state index contributed by atoms with van der Waals surface area (Å²) in [5, 5.41) is 3.18. The molecule has 1 amide bonds. The SMILES string of the molecule is COC(=O)c1ccccc1NC(=O)C(=O)c1c(C)[nH]c2ccccc12. The maximum absolute atomic E-state index is 12.6. The van der Waals surface area contributed by atoms with Crippen molar-refractivity contribution in [3.05, 3.63) is 65.4 Å². The number of carbonyl (C=O) groups is 3. The Morgan fingerprint density at radius 3 is 2.44 bits per heavy atom. The molecule has 0 atom stereocenters. The lowest BCUT2D eigenvalue weighted by Crippen LogP contribution is -2.24. The molecule has 0 radical (unpaired) electrons. The molecule has 1 aromatic heterocycles. The van der Waals surface area contributed by atoms with Crippen LogP contribution in [0, 0.1) is 6.92 Å². The second-order valence-corrected chi connectivity index (χ2v) is 5.49. The van der Waals surface area contributed by atoms with E-state index in [1.54, 1.807) is 37.3 Å². The molecule has 0 unspecified atom stereocenters. The molecular formula is C19H16N2O4. The molecule has 0 spiro atoms. The van der Waals surface area contributed by atoms with Crippen molar-refractivity contribution in [2.75, 3.05) is 12.4 Å². The molecule has 0 aliphatic carbocycles. The molecule has 0 bridgehead atoms. The Morgan fingerprint density at radius 1 is 1.00 bits per heavy atom. The number of aryl methyl sites for hydroxylation is 1. The Morgan fingerprint density at radius 2 is 1.68 bits per heavy atom. The lowest BCUT2D eigenvalue weighted by atomic mass is 10.1. The van der Waals surface area contributed by atoms with Gasteiger partial charge in [0.05, 0.1) is 23.9 Å². The molecule has 3 rings (SSSR count). The molecule has 1 heterocycles. The summed E-state index contributed by atoms with van der Waals surface area (Å²) >= 11 is 0. The third-order valence-corrected chi connectivity index (χ3v) is 3.91. The summed E-state index contributed by atoms with van der Waals surface area (Å²) in [5.41, 5.74) is 2.13. The second-order valence-electron chi connectivity index (χ2n) is 5.49. The number of carbonyl (C=O) groups excluding carboxylic acids is 3. The first-order valence-electron chi connectivity index (χ1n) is 7.63. The van der Waals surface area contributed by atoms with E-state index >= 15 is 0 Å². The average molecular weight is 336 g/mol. The lowest BCUT2D eigenvalue weighted by Gasteiger charge is -2.09. The van der Waals surface area contributed by atoms with Crippen molar-refractivity contribution >= 4 is 34.3 Å². The molecule has 0 fully saturated rings. The van der Waals surface area contributed by atoms with Gasteiger partial charge in [-0.1, -0.05) is 30.3 Å². The van der Waals surface area contributed by atoms with Crippen LogP contribution in [0.1, 0.15) is 26.4 Å². The monoisotopic (exact) mass is 336 g/mol. The summed E-state index contributed by atoms with van der Waals surface area (Å²) in [7, 11) is 1.25. The number of nitrogens with one attached hydrogen (secondary N) is 2. The molecule has 0 aliphatic rings. The van der Waals surface area contributed by atoms with E-state index < -0.39 is 17.7 Å². The highest BCUT2D eigenvalue weighted by Gasteiger charge is 2.24. The zero-order chi connectivity index (χ0) is 18.0. The summed E-state index contributed by atoms with van der Waals surface area (Å²) in [6.45, 7) is 1.74. The summed E-state index contributed by atoms with van der Waals surface area (Å²) in [5.74, 6) is -2.08. The minimum atomic E-state index is -0.816. The standard InChI is InChI=1S/C19H16N2O4/c1-11-16(12-7-3-5-9-14(12)20-11)17(22)18(23)21-15-10-6-4-8-13(15)19(24)25-2/h3-10,20H,1-2H3,(H,21,23). The number of anilines is 1. The van der Waals surface area contributed by atoms with E-state index in [4.69, 9.17) is 0 Å². The van der Waals surface area contributed by atoms with Gasteiger partial charge >= 0.3 is 5.97 Å². The zero-order valence-corrected chi connectivity index (χ0v) is 13.8. The summed E-state index contributed by atoms with van der Waals surface area (Å²) in [6.07, 6.45) is 0. The number of aromatic nitrogens is 1. The molecule has 6 heteroatoms. The number of ether oxygens (including phenoxy) is 1. The van der Waals surface area contributed by atoms with Crippen molar-refractivity contribution in [1.82, 2.24) is 4.98 Å². The molecule has 6 nitrogen and oxygen atoms in total. The van der Waals surface area contributed by atoms with Gasteiger partial charge in [-0.25, -0.2) is 4.79 Å². The van der Waals surface area contributed by atoms with Gasteiger partial charge in [0, 0.05) is 16.6 Å². The molecule has 3 aromatic rings. The Bertz CT molecular complexity index is 988. The lowest BCUT2D eigenvalue weighted by molar-refractivity contribution is -0.112. The molecule has 2 N–H and O–H groups in total. The quantitative estimate of drug-likeness (QED) is 0.435. The van der Waals surface area contributed by atoms with Gasteiger partial charge in [-0.05, 0) is 25.1 Å². The topological polar surface area (TPSA) is 88.3 Å². The van der Waals surface area contributed by atoms with Crippen molar-refractivity contribution < 1.29 is 19.1 Å². The van der Waals surface area contributed by atoms with Crippen molar-refractivity contribution in [1.29, 1.82) is 0 Å². The largest absolute Gasteiger partial charge is 0.465 e. The maximum Gasteiger partial charge on any atom is 0.339 e.